The molecule has 10 heteroatoms. The van der Waals surface area contributed by atoms with Gasteiger partial charge < -0.3 is 30.5 Å². The molecule has 1 aliphatic carbocycles. The van der Waals surface area contributed by atoms with Gasteiger partial charge in [-0.05, 0) is 55.7 Å². The summed E-state index contributed by atoms with van der Waals surface area (Å²) in [7, 11) is 0. The second kappa shape index (κ2) is 10.4. The van der Waals surface area contributed by atoms with Crippen molar-refractivity contribution in [2.45, 2.75) is 31.4 Å². The van der Waals surface area contributed by atoms with Gasteiger partial charge in [-0.25, -0.2) is 9.59 Å². The molecule has 4 rings (SSSR count). The maximum Gasteiger partial charge on any atom is 0.338 e. The van der Waals surface area contributed by atoms with Gasteiger partial charge in [-0.1, -0.05) is 24.3 Å². The van der Waals surface area contributed by atoms with Crippen LogP contribution in [0.4, 0.5) is 0 Å². The molecule has 1 amide bonds. The number of aromatic carboxylic acids is 1. The van der Waals surface area contributed by atoms with Gasteiger partial charge in [0.05, 0.1) is 22.7 Å². The summed E-state index contributed by atoms with van der Waals surface area (Å²) in [4.78, 5) is 49.7. The summed E-state index contributed by atoms with van der Waals surface area (Å²) < 4.78 is 5.53. The molecule has 1 aliphatic rings. The number of aromatic hydroxyl groups is 3. The molecule has 10 nitrogen and oxygen atoms in total. The minimum absolute atomic E-state index is 0.262. The average Bonchev–Trinajstić information content (AvgIpc) is 3.29. The molecule has 0 aliphatic heterocycles. The number of phenols is 3. The van der Waals surface area contributed by atoms with E-state index in [9.17, 15) is 39.6 Å². The molecule has 190 valence electrons. The second-order valence-electron chi connectivity index (χ2n) is 8.54. The highest BCUT2D eigenvalue weighted by molar-refractivity contribution is 6.18. The fourth-order valence-electron chi connectivity index (χ4n) is 4.32. The number of carboxylic acid groups (broad SMARTS) is 1. The standard InChI is InChI=1S/C27H23NO9/c29-18-10-4-8-16(26(34)35)22(18)24(32)23-19(30)12-15(13-20(23)31)27(36)37-21-11-5-9-17(21)28-25(33)14-6-2-1-3-7-14/h1-4,6-8,10,12-13,17,21,29-31H,5,9,11H2,(H,28,33)(H,34,35)/t17-,21-/m1/s1. The Labute approximate surface area is 210 Å². The van der Waals surface area contributed by atoms with Crippen molar-refractivity contribution in [3.05, 3.63) is 88.5 Å². The Morgan fingerprint density at radius 3 is 2.11 bits per heavy atom. The molecule has 1 fully saturated rings. The van der Waals surface area contributed by atoms with E-state index in [-0.39, 0.29) is 11.5 Å². The summed E-state index contributed by atoms with van der Waals surface area (Å²) in [5.41, 5.74) is -1.64. The number of hydrogen-bond acceptors (Lipinski definition) is 8. The SMILES string of the molecule is O=C(N[C@@H]1CCC[C@H]1OC(=O)c1cc(O)c(C(=O)c2c(O)cccc2C(=O)O)c(O)c1)c1ccccc1. The maximum atomic E-state index is 13.0. The van der Waals surface area contributed by atoms with E-state index in [0.717, 1.165) is 24.3 Å². The molecule has 2 atom stereocenters. The highest BCUT2D eigenvalue weighted by Crippen LogP contribution is 2.35. The molecule has 0 unspecified atom stereocenters. The molecule has 3 aromatic carbocycles. The van der Waals surface area contributed by atoms with Crippen molar-refractivity contribution in [1.29, 1.82) is 0 Å². The fourth-order valence-corrected chi connectivity index (χ4v) is 4.32. The van der Waals surface area contributed by atoms with Crippen LogP contribution in [0.25, 0.3) is 0 Å². The minimum atomic E-state index is -1.50. The molecule has 0 heterocycles. The first kappa shape index (κ1) is 25.2. The summed E-state index contributed by atoms with van der Waals surface area (Å²) in [6, 6.07) is 13.4. The van der Waals surface area contributed by atoms with Gasteiger partial charge in [0, 0.05) is 5.56 Å². The number of benzene rings is 3. The summed E-state index contributed by atoms with van der Waals surface area (Å²) in [5.74, 6) is -6.12. The van der Waals surface area contributed by atoms with Crippen molar-refractivity contribution >= 4 is 23.6 Å². The van der Waals surface area contributed by atoms with Crippen LogP contribution in [0, 0.1) is 0 Å². The van der Waals surface area contributed by atoms with Crippen molar-refractivity contribution in [2.24, 2.45) is 0 Å². The molecule has 0 bridgehead atoms. The first-order chi connectivity index (χ1) is 17.7. The van der Waals surface area contributed by atoms with Crippen LogP contribution in [0.15, 0.2) is 60.7 Å². The average molecular weight is 505 g/mol. The number of rotatable bonds is 7. The summed E-state index contributed by atoms with van der Waals surface area (Å²) in [5, 5.41) is 43.2. The van der Waals surface area contributed by atoms with E-state index in [1.165, 1.54) is 6.07 Å². The topological polar surface area (TPSA) is 170 Å². The van der Waals surface area contributed by atoms with Gasteiger partial charge in [-0.3, -0.25) is 9.59 Å². The smallest absolute Gasteiger partial charge is 0.338 e. The van der Waals surface area contributed by atoms with Crippen molar-refractivity contribution in [3.8, 4) is 17.2 Å². The van der Waals surface area contributed by atoms with Crippen LogP contribution in [0.3, 0.4) is 0 Å². The van der Waals surface area contributed by atoms with Crippen LogP contribution in [0.2, 0.25) is 0 Å². The molecule has 0 aromatic heterocycles. The van der Waals surface area contributed by atoms with E-state index in [2.05, 4.69) is 5.32 Å². The Morgan fingerprint density at radius 2 is 1.46 bits per heavy atom. The van der Waals surface area contributed by atoms with Crippen LogP contribution in [-0.2, 0) is 4.74 Å². The van der Waals surface area contributed by atoms with Crippen molar-refractivity contribution < 1.29 is 44.3 Å². The normalized spacial score (nSPS) is 16.6. The molecular formula is C27H23NO9. The monoisotopic (exact) mass is 505 g/mol. The third-order valence-corrected chi connectivity index (χ3v) is 6.12. The zero-order valence-corrected chi connectivity index (χ0v) is 19.4. The van der Waals surface area contributed by atoms with Crippen molar-refractivity contribution in [2.75, 3.05) is 0 Å². The van der Waals surface area contributed by atoms with E-state index in [1.807, 2.05) is 0 Å². The lowest BCUT2D eigenvalue weighted by molar-refractivity contribution is 0.0249. The van der Waals surface area contributed by atoms with E-state index in [0.29, 0.717) is 24.8 Å². The molecule has 0 saturated heterocycles. The van der Waals surface area contributed by atoms with Gasteiger partial charge in [-0.2, -0.15) is 0 Å². The molecule has 1 saturated carbocycles. The van der Waals surface area contributed by atoms with Crippen LogP contribution in [-0.4, -0.2) is 56.2 Å². The number of ketones is 1. The number of hydrogen-bond donors (Lipinski definition) is 5. The van der Waals surface area contributed by atoms with Gasteiger partial charge in [0.25, 0.3) is 5.91 Å². The summed E-state index contributed by atoms with van der Waals surface area (Å²) in [6.45, 7) is 0. The zero-order chi connectivity index (χ0) is 26.7. The first-order valence-corrected chi connectivity index (χ1v) is 11.4. The van der Waals surface area contributed by atoms with Gasteiger partial charge >= 0.3 is 11.9 Å². The Morgan fingerprint density at radius 1 is 0.784 bits per heavy atom. The molecule has 5 N–H and O–H groups in total. The van der Waals surface area contributed by atoms with Crippen LogP contribution >= 0.6 is 0 Å². The number of esters is 1. The third kappa shape index (κ3) is 5.22. The largest absolute Gasteiger partial charge is 0.507 e. The van der Waals surface area contributed by atoms with E-state index in [1.54, 1.807) is 30.3 Å². The van der Waals surface area contributed by atoms with Crippen molar-refractivity contribution in [1.82, 2.24) is 5.32 Å². The van der Waals surface area contributed by atoms with Gasteiger partial charge in [-0.15, -0.1) is 0 Å². The number of carbonyl (C=O) groups is 4. The third-order valence-electron chi connectivity index (χ3n) is 6.12. The predicted octanol–water partition coefficient (Wildman–Crippen LogP) is 3.24. The van der Waals surface area contributed by atoms with Crippen LogP contribution < -0.4 is 5.32 Å². The molecule has 37 heavy (non-hydrogen) atoms. The van der Waals surface area contributed by atoms with Crippen molar-refractivity contribution in [3.63, 3.8) is 0 Å². The number of carboxylic acids is 1. The first-order valence-electron chi connectivity index (χ1n) is 11.4. The number of carbonyl (C=O) groups excluding carboxylic acids is 3. The summed E-state index contributed by atoms with van der Waals surface area (Å²) >= 11 is 0. The lowest BCUT2D eigenvalue weighted by atomic mass is 9.95. The molecule has 3 aromatic rings. The Balaban J connectivity index is 1.53. The van der Waals surface area contributed by atoms with Crippen LogP contribution in [0.1, 0.15) is 66.3 Å². The highest BCUT2D eigenvalue weighted by Gasteiger charge is 2.33. The number of amides is 1. The van der Waals surface area contributed by atoms with Gasteiger partial charge in [0.2, 0.25) is 5.78 Å². The Bertz CT molecular complexity index is 1360. The Kier molecular flexibility index (Phi) is 7.10. The number of ether oxygens (including phenoxy) is 1. The number of phenolic OH excluding ortho intramolecular Hbond substituents is 3. The quantitative estimate of drug-likeness (QED) is 0.239. The maximum absolute atomic E-state index is 13.0. The van der Waals surface area contributed by atoms with E-state index >= 15 is 0 Å². The minimum Gasteiger partial charge on any atom is -0.507 e. The van der Waals surface area contributed by atoms with E-state index < -0.39 is 63.8 Å². The number of nitrogens with one attached hydrogen (secondary N) is 1. The van der Waals surface area contributed by atoms with Gasteiger partial charge in [0.1, 0.15) is 28.9 Å². The highest BCUT2D eigenvalue weighted by atomic mass is 16.5. The molecule has 0 radical (unpaired) electrons. The molecular weight excluding hydrogens is 482 g/mol. The predicted molar refractivity (Wildman–Crippen MR) is 129 cm³/mol. The summed E-state index contributed by atoms with van der Waals surface area (Å²) in [6.07, 6.45) is 1.14. The van der Waals surface area contributed by atoms with E-state index in [4.69, 9.17) is 4.74 Å². The lowest BCUT2D eigenvalue weighted by Gasteiger charge is -2.21. The second-order valence-corrected chi connectivity index (χ2v) is 8.54. The van der Waals surface area contributed by atoms with Crippen LogP contribution in [0.5, 0.6) is 17.2 Å². The lowest BCUT2D eigenvalue weighted by Crippen LogP contribution is -2.41. The fraction of sp³-hybridized carbons (Fsp3) is 0.185. The van der Waals surface area contributed by atoms with Gasteiger partial charge in [0.15, 0.2) is 0 Å². The Hall–Kier alpha value is -4.86. The molecule has 0 spiro atoms. The zero-order valence-electron chi connectivity index (χ0n) is 19.4.